The molecule has 0 unspecified atom stereocenters. The quantitative estimate of drug-likeness (QED) is 0.807. The minimum atomic E-state index is -3.88. The molecule has 0 saturated heterocycles. The predicted octanol–water partition coefficient (Wildman–Crippen LogP) is 3.48. The van der Waals surface area contributed by atoms with E-state index in [2.05, 4.69) is 4.98 Å². The highest BCUT2D eigenvalue weighted by Crippen LogP contribution is 2.29. The van der Waals surface area contributed by atoms with Crippen LogP contribution in [0.2, 0.25) is 5.15 Å². The maximum absolute atomic E-state index is 13.0. The van der Waals surface area contributed by atoms with E-state index in [1.807, 2.05) is 0 Å². The molecule has 7 heteroatoms. The van der Waals surface area contributed by atoms with Gasteiger partial charge >= 0.3 is 0 Å². The molecular weight excluding hydrogens is 315 g/mol. The lowest BCUT2D eigenvalue weighted by atomic mass is 10.3. The maximum Gasteiger partial charge on any atom is 0.267 e. The van der Waals surface area contributed by atoms with Crippen LogP contribution in [-0.4, -0.2) is 19.4 Å². The molecule has 0 bridgehead atoms. The van der Waals surface area contributed by atoms with Gasteiger partial charge in [0, 0.05) is 12.2 Å². The molecule has 0 saturated carbocycles. The van der Waals surface area contributed by atoms with Gasteiger partial charge < -0.3 is 0 Å². The number of benzene rings is 1. The predicted molar refractivity (Wildman–Crippen MR) is 80.4 cm³/mol. The van der Waals surface area contributed by atoms with E-state index in [0.29, 0.717) is 5.69 Å². The highest BCUT2D eigenvalue weighted by Gasteiger charge is 2.29. The van der Waals surface area contributed by atoms with Gasteiger partial charge in [-0.3, -0.25) is 4.31 Å². The van der Waals surface area contributed by atoms with Crippen molar-refractivity contribution in [3.63, 3.8) is 0 Å². The first-order chi connectivity index (χ1) is 9.84. The Morgan fingerprint density at radius 2 is 1.81 bits per heavy atom. The third kappa shape index (κ3) is 3.16. The van der Waals surface area contributed by atoms with Crippen molar-refractivity contribution in [2.45, 2.75) is 24.8 Å². The first-order valence-electron chi connectivity index (χ1n) is 6.24. The molecule has 0 spiro atoms. The number of pyridine rings is 1. The smallest absolute Gasteiger partial charge is 0.264 e. The van der Waals surface area contributed by atoms with Crippen LogP contribution in [0.25, 0.3) is 0 Å². The second kappa shape index (κ2) is 5.99. The molecule has 21 heavy (non-hydrogen) atoms. The van der Waals surface area contributed by atoms with Crippen molar-refractivity contribution in [2.75, 3.05) is 4.31 Å². The average molecular weight is 329 g/mol. The first-order valence-corrected chi connectivity index (χ1v) is 8.06. The van der Waals surface area contributed by atoms with Crippen molar-refractivity contribution in [1.82, 2.24) is 4.98 Å². The second-order valence-corrected chi connectivity index (χ2v) is 6.80. The SMILES string of the molecule is CC(C)N(c1ccc(F)cc1)S(=O)(=O)c1cccnc1Cl. The van der Waals surface area contributed by atoms with Gasteiger partial charge in [0.1, 0.15) is 15.9 Å². The van der Waals surface area contributed by atoms with Crippen molar-refractivity contribution >= 4 is 27.3 Å². The average Bonchev–Trinajstić information content (AvgIpc) is 2.41. The van der Waals surface area contributed by atoms with E-state index in [9.17, 15) is 12.8 Å². The lowest BCUT2D eigenvalue weighted by molar-refractivity contribution is 0.583. The minimum Gasteiger partial charge on any atom is -0.264 e. The summed E-state index contributed by atoms with van der Waals surface area (Å²) < 4.78 is 39.8. The van der Waals surface area contributed by atoms with Gasteiger partial charge in [-0.05, 0) is 50.2 Å². The maximum atomic E-state index is 13.0. The summed E-state index contributed by atoms with van der Waals surface area (Å²) in [6.45, 7) is 3.45. The summed E-state index contributed by atoms with van der Waals surface area (Å²) >= 11 is 5.89. The molecule has 0 amide bonds. The van der Waals surface area contributed by atoms with Gasteiger partial charge in [-0.1, -0.05) is 11.6 Å². The molecule has 1 aromatic heterocycles. The largest absolute Gasteiger partial charge is 0.267 e. The molecule has 2 aromatic rings. The number of anilines is 1. The van der Waals surface area contributed by atoms with Gasteiger partial charge in [-0.2, -0.15) is 0 Å². The molecule has 1 heterocycles. The van der Waals surface area contributed by atoms with Crippen LogP contribution >= 0.6 is 11.6 Å². The zero-order valence-corrected chi connectivity index (χ0v) is 13.1. The summed E-state index contributed by atoms with van der Waals surface area (Å²) in [5, 5.41) is -0.0924. The molecule has 0 radical (unpaired) electrons. The summed E-state index contributed by atoms with van der Waals surface area (Å²) in [4.78, 5) is 3.72. The van der Waals surface area contributed by atoms with Crippen LogP contribution in [-0.2, 0) is 10.0 Å². The standard InChI is InChI=1S/C14H14ClFN2O2S/c1-10(2)18(12-7-5-11(16)6-8-12)21(19,20)13-4-3-9-17-14(13)15/h3-10H,1-2H3. The Hall–Kier alpha value is -1.66. The Bertz CT molecular complexity index is 733. The van der Waals surface area contributed by atoms with E-state index in [-0.39, 0.29) is 16.1 Å². The third-order valence-corrected chi connectivity index (χ3v) is 5.26. The molecule has 0 N–H and O–H groups in total. The van der Waals surface area contributed by atoms with E-state index in [4.69, 9.17) is 11.6 Å². The second-order valence-electron chi connectivity index (χ2n) is 4.66. The van der Waals surface area contributed by atoms with E-state index in [0.717, 1.165) is 0 Å². The summed E-state index contributed by atoms with van der Waals surface area (Å²) in [6.07, 6.45) is 1.42. The molecule has 2 rings (SSSR count). The Kier molecular flexibility index (Phi) is 4.49. The molecule has 112 valence electrons. The topological polar surface area (TPSA) is 50.3 Å². The van der Waals surface area contributed by atoms with Gasteiger partial charge in [-0.15, -0.1) is 0 Å². The van der Waals surface area contributed by atoms with Crippen molar-refractivity contribution in [3.8, 4) is 0 Å². The van der Waals surface area contributed by atoms with Crippen molar-refractivity contribution in [2.24, 2.45) is 0 Å². The Balaban J connectivity index is 2.57. The lowest BCUT2D eigenvalue weighted by Gasteiger charge is -2.28. The van der Waals surface area contributed by atoms with Crippen molar-refractivity contribution in [1.29, 1.82) is 0 Å². The van der Waals surface area contributed by atoms with Gasteiger partial charge in [0.15, 0.2) is 0 Å². The fraction of sp³-hybridized carbons (Fsp3) is 0.214. The number of rotatable bonds is 4. The Morgan fingerprint density at radius 3 is 2.33 bits per heavy atom. The highest BCUT2D eigenvalue weighted by atomic mass is 35.5. The highest BCUT2D eigenvalue weighted by molar-refractivity contribution is 7.93. The van der Waals surface area contributed by atoms with E-state index in [1.165, 1.54) is 46.9 Å². The molecule has 4 nitrogen and oxygen atoms in total. The van der Waals surface area contributed by atoms with Gasteiger partial charge in [0.05, 0.1) is 5.69 Å². The minimum absolute atomic E-state index is 0.0790. The summed E-state index contributed by atoms with van der Waals surface area (Å²) in [6, 6.07) is 7.78. The zero-order chi connectivity index (χ0) is 15.6. The molecule has 0 atom stereocenters. The van der Waals surface area contributed by atoms with Crippen LogP contribution in [0.3, 0.4) is 0 Å². The van der Waals surface area contributed by atoms with Crippen LogP contribution in [0.5, 0.6) is 0 Å². The summed E-state index contributed by atoms with van der Waals surface area (Å²) in [5.74, 6) is -0.431. The van der Waals surface area contributed by atoms with Gasteiger partial charge in [-0.25, -0.2) is 17.8 Å². The van der Waals surface area contributed by atoms with E-state index < -0.39 is 15.8 Å². The van der Waals surface area contributed by atoms with Crippen LogP contribution in [0.1, 0.15) is 13.8 Å². The molecule has 1 aromatic carbocycles. The zero-order valence-electron chi connectivity index (χ0n) is 11.5. The number of hydrogen-bond acceptors (Lipinski definition) is 3. The van der Waals surface area contributed by atoms with E-state index in [1.54, 1.807) is 13.8 Å². The monoisotopic (exact) mass is 328 g/mol. The Labute approximate surface area is 128 Å². The van der Waals surface area contributed by atoms with Crippen LogP contribution < -0.4 is 4.31 Å². The lowest BCUT2D eigenvalue weighted by Crippen LogP contribution is -2.37. The molecule has 0 fully saturated rings. The van der Waals surface area contributed by atoms with E-state index >= 15 is 0 Å². The third-order valence-electron chi connectivity index (χ3n) is 2.81. The number of nitrogens with zero attached hydrogens (tertiary/aromatic N) is 2. The molecule has 0 aliphatic carbocycles. The van der Waals surface area contributed by atoms with Crippen LogP contribution in [0.15, 0.2) is 47.5 Å². The number of halogens is 2. The molecule has 0 aliphatic heterocycles. The summed E-state index contributed by atoms with van der Waals surface area (Å²) in [5.41, 5.74) is 0.367. The van der Waals surface area contributed by atoms with Crippen molar-refractivity contribution in [3.05, 3.63) is 53.6 Å². The fourth-order valence-electron chi connectivity index (χ4n) is 1.97. The number of aromatic nitrogens is 1. The molecule has 0 aliphatic rings. The Morgan fingerprint density at radius 1 is 1.19 bits per heavy atom. The summed E-state index contributed by atoms with van der Waals surface area (Å²) in [7, 11) is -3.88. The van der Waals surface area contributed by atoms with Crippen molar-refractivity contribution < 1.29 is 12.8 Å². The van der Waals surface area contributed by atoms with Gasteiger partial charge in [0.25, 0.3) is 10.0 Å². The number of hydrogen-bond donors (Lipinski definition) is 0. The normalized spacial score (nSPS) is 11.7. The van der Waals surface area contributed by atoms with Crippen LogP contribution in [0.4, 0.5) is 10.1 Å². The fourth-order valence-corrected chi connectivity index (χ4v) is 4.07. The number of sulfonamides is 1. The first kappa shape index (κ1) is 15.7. The molecular formula is C14H14ClFN2O2S. The van der Waals surface area contributed by atoms with Crippen LogP contribution in [0, 0.1) is 5.82 Å². The van der Waals surface area contributed by atoms with Gasteiger partial charge in [0.2, 0.25) is 0 Å².